The highest BCUT2D eigenvalue weighted by Crippen LogP contribution is 2.35. The summed E-state index contributed by atoms with van der Waals surface area (Å²) in [5, 5.41) is 14.5. The van der Waals surface area contributed by atoms with Crippen molar-refractivity contribution >= 4 is 57.3 Å². The molecular weight excluding hydrogens is 532 g/mol. The van der Waals surface area contributed by atoms with Gasteiger partial charge in [-0.25, -0.2) is 9.59 Å². The number of rotatable bonds is 12. The number of ether oxygens (including phenoxy) is 2. The van der Waals surface area contributed by atoms with Gasteiger partial charge in [-0.1, -0.05) is 25.1 Å². The molecule has 0 aromatic carbocycles. The van der Waals surface area contributed by atoms with Crippen molar-refractivity contribution in [1.82, 2.24) is 14.8 Å². The predicted octanol–water partition coefficient (Wildman–Crippen LogP) is 5.99. The van der Waals surface area contributed by atoms with Crippen LogP contribution in [0.3, 0.4) is 0 Å². The minimum Gasteiger partial charge on any atom is -0.462 e. The number of aromatic nitrogens is 3. The quantitative estimate of drug-likeness (QED) is 0.211. The zero-order valence-electron chi connectivity index (χ0n) is 21.9. The number of carbonyl (C=O) groups is 3. The Morgan fingerprint density at radius 3 is 2.46 bits per heavy atom. The largest absolute Gasteiger partial charge is 0.462 e. The van der Waals surface area contributed by atoms with E-state index < -0.39 is 11.9 Å². The molecule has 3 rings (SSSR count). The molecule has 200 valence electrons. The second-order valence-electron chi connectivity index (χ2n) is 8.36. The monoisotopic (exact) mass is 564 g/mol. The number of carbonyl (C=O) groups excluding carboxylic acids is 3. The normalized spacial score (nSPS) is 11.1. The van der Waals surface area contributed by atoms with Crippen molar-refractivity contribution in [1.29, 1.82) is 0 Å². The van der Waals surface area contributed by atoms with E-state index in [0.717, 1.165) is 35.6 Å². The lowest BCUT2D eigenvalue weighted by Crippen LogP contribution is -2.17. The van der Waals surface area contributed by atoms with Gasteiger partial charge in [-0.05, 0) is 52.7 Å². The van der Waals surface area contributed by atoms with Crippen molar-refractivity contribution in [3.8, 4) is 11.4 Å². The van der Waals surface area contributed by atoms with E-state index in [4.69, 9.17) is 9.47 Å². The molecule has 0 radical (unpaired) electrons. The summed E-state index contributed by atoms with van der Waals surface area (Å²) >= 11 is 3.98. The molecule has 37 heavy (non-hydrogen) atoms. The molecule has 0 unspecified atom stereocenters. The third-order valence-electron chi connectivity index (χ3n) is 5.26. The Bertz CT molecular complexity index is 1260. The third kappa shape index (κ3) is 6.79. The van der Waals surface area contributed by atoms with Crippen LogP contribution in [-0.2, 0) is 20.7 Å². The van der Waals surface area contributed by atoms with Gasteiger partial charge in [-0.15, -0.1) is 32.9 Å². The third-order valence-corrected chi connectivity index (χ3v) is 8.39. The van der Waals surface area contributed by atoms with E-state index in [-0.39, 0.29) is 46.4 Å². The number of nitrogens with one attached hydrogen (secondary N) is 1. The number of amides is 1. The topological polar surface area (TPSA) is 112 Å². The Morgan fingerprint density at radius 2 is 1.81 bits per heavy atom. The summed E-state index contributed by atoms with van der Waals surface area (Å²) in [5.74, 6) is -0.665. The van der Waals surface area contributed by atoms with Crippen molar-refractivity contribution in [2.24, 2.45) is 0 Å². The number of anilines is 1. The first kappa shape index (κ1) is 28.9. The van der Waals surface area contributed by atoms with Gasteiger partial charge < -0.3 is 14.8 Å². The molecular formula is C25H32N4O5S3. The number of hydrogen-bond acceptors (Lipinski definition) is 10. The molecule has 1 amide bonds. The van der Waals surface area contributed by atoms with E-state index >= 15 is 0 Å². The first-order valence-electron chi connectivity index (χ1n) is 12.1. The van der Waals surface area contributed by atoms with Gasteiger partial charge in [-0.2, -0.15) is 0 Å². The first-order valence-corrected chi connectivity index (χ1v) is 14.8. The molecule has 0 bridgehead atoms. The average molecular weight is 565 g/mol. The van der Waals surface area contributed by atoms with Crippen LogP contribution in [0.4, 0.5) is 5.00 Å². The maximum absolute atomic E-state index is 12.9. The zero-order chi connectivity index (χ0) is 27.1. The molecule has 0 atom stereocenters. The molecule has 3 aromatic rings. The summed E-state index contributed by atoms with van der Waals surface area (Å²) in [6.45, 7) is 11.7. The van der Waals surface area contributed by atoms with Crippen molar-refractivity contribution < 1.29 is 23.9 Å². The lowest BCUT2D eigenvalue weighted by Gasteiger charge is -2.13. The maximum Gasteiger partial charge on any atom is 0.348 e. The minimum atomic E-state index is -0.600. The summed E-state index contributed by atoms with van der Waals surface area (Å²) in [5.41, 5.74) is 1.61. The van der Waals surface area contributed by atoms with Crippen LogP contribution in [0.2, 0.25) is 0 Å². The number of esters is 2. The fourth-order valence-corrected chi connectivity index (χ4v) is 6.59. The Balaban J connectivity index is 1.79. The van der Waals surface area contributed by atoms with E-state index in [1.165, 1.54) is 16.6 Å². The van der Waals surface area contributed by atoms with Crippen LogP contribution in [0.25, 0.3) is 11.4 Å². The van der Waals surface area contributed by atoms with Gasteiger partial charge in [0.1, 0.15) is 9.88 Å². The van der Waals surface area contributed by atoms with Crippen LogP contribution in [0, 0.1) is 6.92 Å². The van der Waals surface area contributed by atoms with Gasteiger partial charge in [-0.3, -0.25) is 9.36 Å². The molecule has 0 saturated carbocycles. The van der Waals surface area contributed by atoms with Crippen molar-refractivity contribution in [3.05, 3.63) is 32.3 Å². The number of aryl methyl sites for hydroxylation is 1. The number of hydrogen-bond donors (Lipinski definition) is 1. The van der Waals surface area contributed by atoms with Gasteiger partial charge >= 0.3 is 11.9 Å². The molecule has 3 aromatic heterocycles. The van der Waals surface area contributed by atoms with Crippen molar-refractivity contribution in [2.75, 3.05) is 24.3 Å². The molecule has 9 nitrogen and oxygen atoms in total. The molecule has 0 spiro atoms. The summed E-state index contributed by atoms with van der Waals surface area (Å²) in [6.07, 6.45) is 2.10. The van der Waals surface area contributed by atoms with Crippen LogP contribution >= 0.6 is 34.4 Å². The molecule has 12 heteroatoms. The van der Waals surface area contributed by atoms with Gasteiger partial charge in [0.25, 0.3) is 0 Å². The number of thiophene rings is 2. The molecule has 0 fully saturated rings. The van der Waals surface area contributed by atoms with Crippen molar-refractivity contribution in [3.63, 3.8) is 0 Å². The highest BCUT2D eigenvalue weighted by molar-refractivity contribution is 7.99. The smallest absolute Gasteiger partial charge is 0.348 e. The van der Waals surface area contributed by atoms with E-state index in [1.807, 2.05) is 18.4 Å². The average Bonchev–Trinajstić information content (AvgIpc) is 3.55. The molecule has 0 aliphatic heterocycles. The van der Waals surface area contributed by atoms with Crippen LogP contribution in [0.1, 0.15) is 77.6 Å². The van der Waals surface area contributed by atoms with Crippen LogP contribution < -0.4 is 5.32 Å². The minimum absolute atomic E-state index is 0.0452. The van der Waals surface area contributed by atoms with Crippen LogP contribution in [-0.4, -0.2) is 51.6 Å². The summed E-state index contributed by atoms with van der Waals surface area (Å²) < 4.78 is 12.3. The Labute approximate surface area is 229 Å². The molecule has 3 heterocycles. The summed E-state index contributed by atoms with van der Waals surface area (Å²) in [6, 6.07) is 2.24. The highest BCUT2D eigenvalue weighted by Gasteiger charge is 2.27. The second-order valence-corrected chi connectivity index (χ2v) is 11.3. The van der Waals surface area contributed by atoms with Crippen LogP contribution in [0.15, 0.2) is 16.6 Å². The zero-order valence-corrected chi connectivity index (χ0v) is 24.3. The summed E-state index contributed by atoms with van der Waals surface area (Å²) in [4.78, 5) is 39.4. The maximum atomic E-state index is 12.9. The van der Waals surface area contributed by atoms with Crippen molar-refractivity contribution in [2.45, 2.75) is 65.6 Å². The lowest BCUT2D eigenvalue weighted by atomic mass is 10.1. The van der Waals surface area contributed by atoms with Gasteiger partial charge in [0.05, 0.1) is 24.5 Å². The summed E-state index contributed by atoms with van der Waals surface area (Å²) in [7, 11) is 0. The molecule has 0 aliphatic rings. The predicted molar refractivity (Wildman–Crippen MR) is 148 cm³/mol. The molecule has 0 aliphatic carbocycles. The Kier molecular flexibility index (Phi) is 10.3. The highest BCUT2D eigenvalue weighted by atomic mass is 32.2. The molecule has 1 N–H and O–H groups in total. The fraction of sp³-hybridized carbons (Fsp3) is 0.480. The number of thioether (sulfide) groups is 1. The first-order chi connectivity index (χ1) is 17.7. The standard InChI is InChI=1S/C25H32N4O5S3/c1-7-10-17-11-16(12-35-17)21-27-28-25(29(21)14(4)5)36-13-18(30)26-22-19(23(31)33-8-2)15(6)20(37-22)24(32)34-9-3/h11-12,14H,7-10,13H2,1-6H3,(H,26,30). The van der Waals surface area contributed by atoms with E-state index in [0.29, 0.717) is 10.7 Å². The SMILES string of the molecule is CCCc1cc(-c2nnc(SCC(=O)Nc3sc(C(=O)OCC)c(C)c3C(=O)OCC)n2C(C)C)cs1. The lowest BCUT2D eigenvalue weighted by molar-refractivity contribution is -0.113. The van der Waals surface area contributed by atoms with E-state index in [1.54, 1.807) is 32.1 Å². The Hall–Kier alpha value is -2.70. The molecule has 0 saturated heterocycles. The van der Waals surface area contributed by atoms with Gasteiger partial charge in [0.15, 0.2) is 11.0 Å². The Morgan fingerprint density at radius 1 is 1.11 bits per heavy atom. The fourth-order valence-electron chi connectivity index (χ4n) is 3.65. The van der Waals surface area contributed by atoms with E-state index in [2.05, 4.69) is 33.9 Å². The van der Waals surface area contributed by atoms with E-state index in [9.17, 15) is 14.4 Å². The van der Waals surface area contributed by atoms with Gasteiger partial charge in [0.2, 0.25) is 5.91 Å². The van der Waals surface area contributed by atoms with Gasteiger partial charge in [0, 0.05) is 21.9 Å². The number of nitrogens with zero attached hydrogens (tertiary/aromatic N) is 3. The van der Waals surface area contributed by atoms with Crippen LogP contribution in [0.5, 0.6) is 0 Å². The second kappa shape index (κ2) is 13.2.